The molecule has 0 aliphatic rings. The number of rotatable bonds is 7. The molecule has 84 valence electrons. The van der Waals surface area contributed by atoms with Crippen LogP contribution < -0.4 is 0 Å². The molecular weight excluding hydrogens is 180 g/mol. The molecule has 0 spiro atoms. The Morgan fingerprint density at radius 3 is 2.57 bits per heavy atom. The third-order valence-electron chi connectivity index (χ3n) is 2.35. The van der Waals surface area contributed by atoms with Crippen molar-refractivity contribution in [1.29, 1.82) is 0 Å². The third-order valence-corrected chi connectivity index (χ3v) is 2.35. The van der Waals surface area contributed by atoms with Gasteiger partial charge in [-0.05, 0) is 19.3 Å². The van der Waals surface area contributed by atoms with E-state index in [0.29, 0.717) is 6.61 Å². The fourth-order valence-electron chi connectivity index (χ4n) is 1.31. The summed E-state index contributed by atoms with van der Waals surface area (Å²) in [6.45, 7) is 6.24. The van der Waals surface area contributed by atoms with Crippen molar-refractivity contribution in [3.63, 3.8) is 0 Å². The van der Waals surface area contributed by atoms with Gasteiger partial charge < -0.3 is 9.84 Å². The van der Waals surface area contributed by atoms with Gasteiger partial charge in [-0.1, -0.05) is 26.7 Å². The summed E-state index contributed by atoms with van der Waals surface area (Å²) in [5, 5.41) is 9.64. The Balaban J connectivity index is 3.70. The maximum absolute atomic E-state index is 11.0. The van der Waals surface area contributed by atoms with Gasteiger partial charge >= 0.3 is 5.97 Å². The van der Waals surface area contributed by atoms with Crippen LogP contribution in [-0.2, 0) is 9.53 Å². The molecule has 0 bridgehead atoms. The topological polar surface area (TPSA) is 46.5 Å². The normalized spacial score (nSPS) is 14.9. The molecule has 0 saturated heterocycles. The van der Waals surface area contributed by atoms with Crippen molar-refractivity contribution in [2.24, 2.45) is 5.92 Å². The number of hydrogen-bond acceptors (Lipinski definition) is 3. The van der Waals surface area contributed by atoms with Gasteiger partial charge in [0.1, 0.15) is 0 Å². The van der Waals surface area contributed by atoms with Crippen LogP contribution in [0.5, 0.6) is 0 Å². The van der Waals surface area contributed by atoms with E-state index >= 15 is 0 Å². The van der Waals surface area contributed by atoms with Crippen molar-refractivity contribution in [3.8, 4) is 0 Å². The Morgan fingerprint density at radius 1 is 1.43 bits per heavy atom. The van der Waals surface area contributed by atoms with Gasteiger partial charge in [0.25, 0.3) is 0 Å². The van der Waals surface area contributed by atoms with Gasteiger partial charge in [0.05, 0.1) is 19.1 Å². The lowest BCUT2D eigenvalue weighted by Crippen LogP contribution is -2.22. The molecule has 0 aromatic carbocycles. The largest absolute Gasteiger partial charge is 0.466 e. The summed E-state index contributed by atoms with van der Waals surface area (Å²) in [5.74, 6) is -0.122. The highest BCUT2D eigenvalue weighted by Crippen LogP contribution is 2.15. The summed E-state index contributed by atoms with van der Waals surface area (Å²) in [6.07, 6.45) is 2.76. The van der Waals surface area contributed by atoms with E-state index in [1.54, 1.807) is 6.92 Å². The number of carbonyl (C=O) groups excluding carboxylic acids is 1. The predicted octanol–water partition coefficient (Wildman–Crippen LogP) is 2.13. The van der Waals surface area contributed by atoms with Crippen LogP contribution in [0.25, 0.3) is 0 Å². The summed E-state index contributed by atoms with van der Waals surface area (Å²) in [7, 11) is 0. The van der Waals surface area contributed by atoms with Crippen LogP contribution in [0.2, 0.25) is 0 Å². The molecule has 1 N–H and O–H groups in total. The molecule has 3 heteroatoms. The van der Waals surface area contributed by atoms with Crippen LogP contribution in [0.1, 0.15) is 46.5 Å². The molecule has 0 amide bonds. The summed E-state index contributed by atoms with van der Waals surface area (Å²) in [6, 6.07) is 0. The molecule has 14 heavy (non-hydrogen) atoms. The predicted molar refractivity (Wildman–Crippen MR) is 55.9 cm³/mol. The Bertz CT molecular complexity index is 157. The number of hydrogen-bond donors (Lipinski definition) is 1. The molecule has 0 saturated carbocycles. The van der Waals surface area contributed by atoms with E-state index in [1.165, 1.54) is 0 Å². The van der Waals surface area contributed by atoms with Crippen molar-refractivity contribution in [2.45, 2.75) is 52.6 Å². The van der Waals surface area contributed by atoms with E-state index in [-0.39, 0.29) is 18.3 Å². The fourth-order valence-corrected chi connectivity index (χ4v) is 1.31. The van der Waals surface area contributed by atoms with Crippen LogP contribution in [0.15, 0.2) is 0 Å². The molecule has 0 aliphatic heterocycles. The number of esters is 1. The van der Waals surface area contributed by atoms with Gasteiger partial charge in [0.15, 0.2) is 0 Å². The Hall–Kier alpha value is -0.570. The minimum absolute atomic E-state index is 0.124. The fraction of sp³-hybridized carbons (Fsp3) is 0.909. The highest BCUT2D eigenvalue weighted by molar-refractivity contribution is 5.69. The smallest absolute Gasteiger partial charge is 0.308 e. The second-order valence-electron chi connectivity index (χ2n) is 3.70. The molecular formula is C11H22O3. The lowest BCUT2D eigenvalue weighted by molar-refractivity contribution is -0.146. The van der Waals surface area contributed by atoms with E-state index in [9.17, 15) is 9.90 Å². The number of ether oxygens (including phenoxy) is 1. The van der Waals surface area contributed by atoms with Crippen LogP contribution in [0.4, 0.5) is 0 Å². The molecule has 0 aromatic heterocycles. The molecule has 0 unspecified atom stereocenters. The van der Waals surface area contributed by atoms with E-state index in [0.717, 1.165) is 19.3 Å². The van der Waals surface area contributed by atoms with Crippen LogP contribution >= 0.6 is 0 Å². The second-order valence-corrected chi connectivity index (χ2v) is 3.70. The zero-order valence-corrected chi connectivity index (χ0v) is 9.45. The first-order valence-electron chi connectivity index (χ1n) is 5.45. The maximum Gasteiger partial charge on any atom is 0.308 e. The first kappa shape index (κ1) is 13.4. The Morgan fingerprint density at radius 2 is 2.07 bits per heavy atom. The average molecular weight is 202 g/mol. The first-order chi connectivity index (χ1) is 6.61. The lowest BCUT2D eigenvalue weighted by Gasteiger charge is -2.17. The quantitative estimate of drug-likeness (QED) is 0.643. The standard InChI is InChI=1S/C11H22O3/c1-4-6-7-9(3)10(12)8-11(13)14-5-2/h9-10,12H,4-8H2,1-3H3/t9-,10+/m1/s1. The Labute approximate surface area is 86.5 Å². The highest BCUT2D eigenvalue weighted by Gasteiger charge is 2.17. The van der Waals surface area contributed by atoms with Gasteiger partial charge in [-0.25, -0.2) is 0 Å². The molecule has 2 atom stereocenters. The zero-order chi connectivity index (χ0) is 11.0. The molecule has 0 rings (SSSR count). The average Bonchev–Trinajstić information content (AvgIpc) is 2.14. The minimum Gasteiger partial charge on any atom is -0.466 e. The molecule has 0 radical (unpaired) electrons. The lowest BCUT2D eigenvalue weighted by atomic mass is 9.96. The Kier molecular flexibility index (Phi) is 7.48. The van der Waals surface area contributed by atoms with Crippen LogP contribution in [0.3, 0.4) is 0 Å². The molecule has 3 nitrogen and oxygen atoms in total. The van der Waals surface area contributed by atoms with Crippen molar-refractivity contribution in [3.05, 3.63) is 0 Å². The summed E-state index contributed by atoms with van der Waals surface area (Å²) >= 11 is 0. The number of aliphatic hydroxyl groups excluding tert-OH is 1. The van der Waals surface area contributed by atoms with Gasteiger partial charge in [0, 0.05) is 0 Å². The van der Waals surface area contributed by atoms with Gasteiger partial charge in [0.2, 0.25) is 0 Å². The maximum atomic E-state index is 11.0. The van der Waals surface area contributed by atoms with Crippen LogP contribution in [0, 0.1) is 5.92 Å². The van der Waals surface area contributed by atoms with E-state index < -0.39 is 6.10 Å². The van der Waals surface area contributed by atoms with Crippen molar-refractivity contribution < 1.29 is 14.6 Å². The number of carbonyl (C=O) groups is 1. The summed E-state index contributed by atoms with van der Waals surface area (Å²) < 4.78 is 4.77. The third kappa shape index (κ3) is 5.97. The van der Waals surface area contributed by atoms with Crippen molar-refractivity contribution >= 4 is 5.97 Å². The van der Waals surface area contributed by atoms with E-state index in [2.05, 4.69) is 6.92 Å². The highest BCUT2D eigenvalue weighted by atomic mass is 16.5. The monoisotopic (exact) mass is 202 g/mol. The number of unbranched alkanes of at least 4 members (excludes halogenated alkanes) is 1. The van der Waals surface area contributed by atoms with E-state index in [1.807, 2.05) is 6.92 Å². The minimum atomic E-state index is -0.555. The molecule has 0 aromatic rings. The summed E-state index contributed by atoms with van der Waals surface area (Å²) in [4.78, 5) is 11.0. The van der Waals surface area contributed by atoms with E-state index in [4.69, 9.17) is 4.74 Å². The zero-order valence-electron chi connectivity index (χ0n) is 9.45. The second kappa shape index (κ2) is 7.80. The van der Waals surface area contributed by atoms with Gasteiger partial charge in [-0.3, -0.25) is 4.79 Å². The molecule has 0 aliphatic carbocycles. The SMILES string of the molecule is CCCC[C@@H](C)[C@@H](O)CC(=O)OCC. The van der Waals surface area contributed by atoms with Crippen molar-refractivity contribution in [1.82, 2.24) is 0 Å². The molecule has 0 fully saturated rings. The van der Waals surface area contributed by atoms with Gasteiger partial charge in [-0.15, -0.1) is 0 Å². The van der Waals surface area contributed by atoms with Crippen molar-refractivity contribution in [2.75, 3.05) is 6.61 Å². The first-order valence-corrected chi connectivity index (χ1v) is 5.45. The van der Waals surface area contributed by atoms with Gasteiger partial charge in [-0.2, -0.15) is 0 Å². The van der Waals surface area contributed by atoms with Crippen LogP contribution in [-0.4, -0.2) is 23.8 Å². The number of aliphatic hydroxyl groups is 1. The molecule has 0 heterocycles. The summed E-state index contributed by atoms with van der Waals surface area (Å²) in [5.41, 5.74) is 0.